The van der Waals surface area contributed by atoms with Gasteiger partial charge < -0.3 is 4.18 Å². The molecule has 5 nitrogen and oxygen atoms in total. The van der Waals surface area contributed by atoms with E-state index in [1.807, 2.05) is 6.92 Å². The Morgan fingerprint density at radius 3 is 2.48 bits per heavy atom. The van der Waals surface area contributed by atoms with E-state index in [1.54, 1.807) is 30.3 Å². The molecule has 1 unspecified atom stereocenters. The number of hydrogen-bond acceptors (Lipinski definition) is 5. The van der Waals surface area contributed by atoms with Gasteiger partial charge in [-0.15, -0.1) is 0 Å². The summed E-state index contributed by atoms with van der Waals surface area (Å²) in [5.41, 5.74) is -4.10. The van der Waals surface area contributed by atoms with Crippen LogP contribution >= 0.6 is 0 Å². The molecule has 0 radical (unpaired) electrons. The van der Waals surface area contributed by atoms with Crippen LogP contribution in [0.5, 0.6) is 5.88 Å². The number of fused-ring (bicyclic) bond motifs is 1. The number of alkyl halides is 3. The summed E-state index contributed by atoms with van der Waals surface area (Å²) in [5.74, 6) is -0.219. The summed E-state index contributed by atoms with van der Waals surface area (Å²) in [5, 5.41) is 0. The first-order valence-corrected chi connectivity index (χ1v) is 9.04. The van der Waals surface area contributed by atoms with Crippen LogP contribution < -0.4 is 4.18 Å². The maximum Gasteiger partial charge on any atom is 0.534 e. The Kier molecular flexibility index (Phi) is 4.44. The van der Waals surface area contributed by atoms with E-state index < -0.39 is 21.5 Å². The fraction of sp³-hybridized carbons (Fsp3) is 0.375. The molecular weight excluding hydrogens is 357 g/mol. The van der Waals surface area contributed by atoms with Crippen molar-refractivity contribution >= 4 is 10.1 Å². The SMILES string of the molecule is CC1CCc2nc(-c3ccccc3)nc(OS(=O)(=O)C(F)(F)F)c2C1. The normalized spacial score (nSPS) is 17.8. The summed E-state index contributed by atoms with van der Waals surface area (Å²) in [4.78, 5) is 8.38. The zero-order valence-electron chi connectivity index (χ0n) is 13.2. The Balaban J connectivity index is 2.12. The number of halogens is 3. The van der Waals surface area contributed by atoms with Crippen molar-refractivity contribution in [3.63, 3.8) is 0 Å². The van der Waals surface area contributed by atoms with Gasteiger partial charge in [0.15, 0.2) is 5.82 Å². The molecule has 0 bridgehead atoms. The predicted molar refractivity (Wildman–Crippen MR) is 84.3 cm³/mol. The zero-order chi connectivity index (χ0) is 18.2. The largest absolute Gasteiger partial charge is 0.534 e. The molecule has 3 rings (SSSR count). The lowest BCUT2D eigenvalue weighted by Gasteiger charge is -2.23. The highest BCUT2D eigenvalue weighted by molar-refractivity contribution is 7.87. The van der Waals surface area contributed by atoms with Crippen LogP contribution in [0.15, 0.2) is 30.3 Å². The van der Waals surface area contributed by atoms with Crippen molar-refractivity contribution in [1.29, 1.82) is 0 Å². The van der Waals surface area contributed by atoms with Crippen molar-refractivity contribution in [2.75, 3.05) is 0 Å². The fourth-order valence-electron chi connectivity index (χ4n) is 2.69. The van der Waals surface area contributed by atoms with Gasteiger partial charge in [-0.3, -0.25) is 0 Å². The molecule has 9 heteroatoms. The topological polar surface area (TPSA) is 69.2 Å². The number of rotatable bonds is 3. The third kappa shape index (κ3) is 3.60. The fourth-order valence-corrected chi connectivity index (χ4v) is 3.13. The van der Waals surface area contributed by atoms with Crippen LogP contribution in [0, 0.1) is 5.92 Å². The molecule has 2 aromatic rings. The highest BCUT2D eigenvalue weighted by Gasteiger charge is 2.49. The van der Waals surface area contributed by atoms with Crippen molar-refractivity contribution < 1.29 is 25.8 Å². The second-order valence-corrected chi connectivity index (χ2v) is 7.51. The number of aromatic nitrogens is 2. The predicted octanol–water partition coefficient (Wildman–Crippen LogP) is 3.50. The average Bonchev–Trinajstić information content (AvgIpc) is 2.54. The molecule has 0 saturated heterocycles. The Bertz CT molecular complexity index is 883. The molecule has 1 atom stereocenters. The van der Waals surface area contributed by atoms with Crippen molar-refractivity contribution in [1.82, 2.24) is 9.97 Å². The standard InChI is InChI=1S/C16H15F3N2O3S/c1-10-7-8-13-12(9-10)15(24-25(22,23)16(17,18)19)21-14(20-13)11-5-3-2-4-6-11/h2-6,10H,7-9H2,1H3. The van der Waals surface area contributed by atoms with Gasteiger partial charge in [0.2, 0.25) is 5.88 Å². The summed E-state index contributed by atoms with van der Waals surface area (Å²) in [6.45, 7) is 1.93. The number of benzene rings is 1. The quantitative estimate of drug-likeness (QED) is 0.609. The smallest absolute Gasteiger partial charge is 0.355 e. The van der Waals surface area contributed by atoms with E-state index in [9.17, 15) is 21.6 Å². The van der Waals surface area contributed by atoms with E-state index in [-0.39, 0.29) is 11.7 Å². The van der Waals surface area contributed by atoms with Gasteiger partial charge in [0, 0.05) is 11.1 Å². The minimum atomic E-state index is -5.79. The summed E-state index contributed by atoms with van der Waals surface area (Å²) in [7, 11) is -5.79. The van der Waals surface area contributed by atoms with Crippen LogP contribution in [0.1, 0.15) is 24.6 Å². The van der Waals surface area contributed by atoms with Crippen molar-refractivity contribution in [2.24, 2.45) is 5.92 Å². The van der Waals surface area contributed by atoms with Crippen LogP contribution in [0.3, 0.4) is 0 Å². The number of hydrogen-bond donors (Lipinski definition) is 0. The average molecular weight is 372 g/mol. The molecule has 1 aromatic carbocycles. The molecule has 134 valence electrons. The lowest BCUT2D eigenvalue weighted by Crippen LogP contribution is -2.29. The molecule has 0 aliphatic heterocycles. The first kappa shape index (κ1) is 17.7. The van der Waals surface area contributed by atoms with Crippen molar-refractivity contribution in [2.45, 2.75) is 31.7 Å². The molecule has 0 saturated carbocycles. The molecule has 1 aromatic heterocycles. The summed E-state index contributed by atoms with van der Waals surface area (Å²) < 4.78 is 65.3. The first-order chi connectivity index (χ1) is 11.7. The van der Waals surface area contributed by atoms with E-state index in [4.69, 9.17) is 0 Å². The van der Waals surface area contributed by atoms with Crippen LogP contribution in [-0.4, -0.2) is 23.9 Å². The minimum Gasteiger partial charge on any atom is -0.355 e. The molecule has 0 fully saturated rings. The van der Waals surface area contributed by atoms with Gasteiger partial charge in [0.05, 0.1) is 5.69 Å². The van der Waals surface area contributed by atoms with Gasteiger partial charge in [0.25, 0.3) is 0 Å². The van der Waals surface area contributed by atoms with Gasteiger partial charge in [-0.05, 0) is 25.2 Å². The van der Waals surface area contributed by atoms with E-state index in [1.165, 1.54) is 0 Å². The maximum absolute atomic E-state index is 12.7. The van der Waals surface area contributed by atoms with Crippen LogP contribution in [0.25, 0.3) is 11.4 Å². The number of aryl methyl sites for hydroxylation is 1. The number of nitrogens with zero attached hydrogens (tertiary/aromatic N) is 2. The highest BCUT2D eigenvalue weighted by Crippen LogP contribution is 2.35. The molecule has 1 aliphatic carbocycles. The molecule has 25 heavy (non-hydrogen) atoms. The van der Waals surface area contributed by atoms with Gasteiger partial charge >= 0.3 is 15.6 Å². The van der Waals surface area contributed by atoms with Crippen molar-refractivity contribution in [3.05, 3.63) is 41.6 Å². The van der Waals surface area contributed by atoms with E-state index in [2.05, 4.69) is 14.2 Å². The van der Waals surface area contributed by atoms with E-state index in [0.717, 1.165) is 6.42 Å². The monoisotopic (exact) mass is 372 g/mol. The van der Waals surface area contributed by atoms with E-state index >= 15 is 0 Å². The van der Waals surface area contributed by atoms with Gasteiger partial charge in [-0.2, -0.15) is 26.6 Å². The lowest BCUT2D eigenvalue weighted by molar-refractivity contribution is -0.0501. The van der Waals surface area contributed by atoms with Crippen LogP contribution in [0.2, 0.25) is 0 Å². The second-order valence-electron chi connectivity index (χ2n) is 5.97. The highest BCUT2D eigenvalue weighted by atomic mass is 32.2. The van der Waals surface area contributed by atoms with Gasteiger partial charge in [-0.1, -0.05) is 37.3 Å². The van der Waals surface area contributed by atoms with Crippen LogP contribution in [-0.2, 0) is 23.0 Å². The molecule has 0 amide bonds. The Hall–Kier alpha value is -2.16. The van der Waals surface area contributed by atoms with E-state index in [0.29, 0.717) is 29.7 Å². The Morgan fingerprint density at radius 1 is 1.16 bits per heavy atom. The third-order valence-electron chi connectivity index (χ3n) is 3.99. The summed E-state index contributed by atoms with van der Waals surface area (Å²) >= 11 is 0. The maximum atomic E-state index is 12.7. The Labute approximate surface area is 143 Å². The minimum absolute atomic E-state index is 0.140. The third-order valence-corrected chi connectivity index (χ3v) is 4.93. The summed E-state index contributed by atoms with van der Waals surface area (Å²) in [6, 6.07) is 8.61. The first-order valence-electron chi connectivity index (χ1n) is 7.63. The molecule has 0 N–H and O–H groups in total. The molecule has 1 aliphatic rings. The second kappa shape index (κ2) is 6.29. The van der Waals surface area contributed by atoms with Crippen molar-refractivity contribution in [3.8, 4) is 17.3 Å². The molecular formula is C16H15F3N2O3S. The van der Waals surface area contributed by atoms with Gasteiger partial charge in [0.1, 0.15) is 0 Å². The Morgan fingerprint density at radius 2 is 1.84 bits per heavy atom. The zero-order valence-corrected chi connectivity index (χ0v) is 14.1. The van der Waals surface area contributed by atoms with Gasteiger partial charge in [-0.25, -0.2) is 4.98 Å². The lowest BCUT2D eigenvalue weighted by atomic mass is 9.88. The van der Waals surface area contributed by atoms with Crippen LogP contribution in [0.4, 0.5) is 13.2 Å². The molecule has 1 heterocycles. The molecule has 0 spiro atoms. The summed E-state index contributed by atoms with van der Waals surface area (Å²) in [6.07, 6.45) is 1.71.